The molecule has 1 aromatic carbocycles. The Labute approximate surface area is 100 Å². The third kappa shape index (κ3) is 2.34. The molecule has 0 radical (unpaired) electrons. The van der Waals surface area contributed by atoms with Gasteiger partial charge in [0.2, 0.25) is 0 Å². The van der Waals surface area contributed by atoms with Crippen molar-refractivity contribution in [1.82, 2.24) is 5.32 Å². The summed E-state index contributed by atoms with van der Waals surface area (Å²) in [6, 6.07) is 8.44. The van der Waals surface area contributed by atoms with Crippen molar-refractivity contribution in [2.45, 2.75) is 11.3 Å². The normalized spacial score (nSPS) is 23.6. The minimum absolute atomic E-state index is 0.221. The summed E-state index contributed by atoms with van der Waals surface area (Å²) >= 11 is 1.76. The standard InChI is InChI=1S/C12H17NO2S/c1-13-12-9-4-2-3-5-10(9)15-8-11(12)16-7-6-14/h2-5,11-14H,6-8H2,1H3. The van der Waals surface area contributed by atoms with Gasteiger partial charge in [-0.15, -0.1) is 0 Å². The van der Waals surface area contributed by atoms with Crippen LogP contribution in [-0.2, 0) is 0 Å². The van der Waals surface area contributed by atoms with E-state index in [0.29, 0.717) is 17.9 Å². The lowest BCUT2D eigenvalue weighted by atomic mass is 10.0. The Balaban J connectivity index is 2.16. The number of fused-ring (bicyclic) bond motifs is 1. The van der Waals surface area contributed by atoms with Gasteiger partial charge in [-0.3, -0.25) is 0 Å². The fourth-order valence-corrected chi connectivity index (χ4v) is 3.07. The summed E-state index contributed by atoms with van der Waals surface area (Å²) in [5.74, 6) is 1.73. The average Bonchev–Trinajstić information content (AvgIpc) is 2.35. The van der Waals surface area contributed by atoms with Crippen molar-refractivity contribution in [3.63, 3.8) is 0 Å². The molecule has 88 valence electrons. The van der Waals surface area contributed by atoms with Gasteiger partial charge < -0.3 is 15.2 Å². The number of aliphatic hydroxyl groups excluding tert-OH is 1. The highest BCUT2D eigenvalue weighted by Gasteiger charge is 2.29. The molecule has 1 aromatic rings. The number of rotatable bonds is 4. The Hall–Kier alpha value is -0.710. The van der Waals surface area contributed by atoms with Crippen LogP contribution in [0.2, 0.25) is 0 Å². The highest BCUT2D eigenvalue weighted by molar-refractivity contribution is 8.00. The monoisotopic (exact) mass is 239 g/mol. The predicted molar refractivity (Wildman–Crippen MR) is 67.1 cm³/mol. The largest absolute Gasteiger partial charge is 0.492 e. The maximum atomic E-state index is 8.87. The summed E-state index contributed by atoms with van der Waals surface area (Å²) in [6.07, 6.45) is 0. The molecule has 0 fully saturated rings. The van der Waals surface area contributed by atoms with Gasteiger partial charge in [0.25, 0.3) is 0 Å². The van der Waals surface area contributed by atoms with E-state index in [4.69, 9.17) is 9.84 Å². The van der Waals surface area contributed by atoms with Crippen LogP contribution < -0.4 is 10.1 Å². The van der Waals surface area contributed by atoms with Gasteiger partial charge in [0.15, 0.2) is 0 Å². The van der Waals surface area contributed by atoms with Crippen LogP contribution in [0.5, 0.6) is 5.75 Å². The highest BCUT2D eigenvalue weighted by atomic mass is 32.2. The van der Waals surface area contributed by atoms with Gasteiger partial charge in [-0.05, 0) is 13.1 Å². The van der Waals surface area contributed by atoms with E-state index in [1.807, 2.05) is 25.2 Å². The molecule has 0 bridgehead atoms. The highest BCUT2D eigenvalue weighted by Crippen LogP contribution is 2.36. The molecular weight excluding hydrogens is 222 g/mol. The summed E-state index contributed by atoms with van der Waals surface area (Å²) in [4.78, 5) is 0. The van der Waals surface area contributed by atoms with E-state index in [9.17, 15) is 0 Å². The number of aliphatic hydroxyl groups is 1. The second-order valence-electron chi connectivity index (χ2n) is 3.75. The van der Waals surface area contributed by atoms with Crippen LogP contribution in [0, 0.1) is 0 Å². The van der Waals surface area contributed by atoms with Gasteiger partial charge in [-0.1, -0.05) is 18.2 Å². The van der Waals surface area contributed by atoms with Crippen molar-refractivity contribution in [2.75, 3.05) is 26.0 Å². The molecule has 0 aliphatic carbocycles. The van der Waals surface area contributed by atoms with Crippen molar-refractivity contribution < 1.29 is 9.84 Å². The van der Waals surface area contributed by atoms with Crippen LogP contribution in [0.1, 0.15) is 11.6 Å². The second kappa shape index (κ2) is 5.57. The first-order chi connectivity index (χ1) is 7.86. The molecule has 0 saturated carbocycles. The topological polar surface area (TPSA) is 41.5 Å². The SMILES string of the molecule is CNC1c2ccccc2OCC1SCCO. The van der Waals surface area contributed by atoms with Crippen molar-refractivity contribution in [2.24, 2.45) is 0 Å². The number of benzene rings is 1. The fourth-order valence-electron chi connectivity index (χ4n) is 2.03. The van der Waals surface area contributed by atoms with Crippen LogP contribution in [0.3, 0.4) is 0 Å². The Bertz CT molecular complexity index is 346. The molecule has 0 saturated heterocycles. The van der Waals surface area contributed by atoms with Crippen molar-refractivity contribution in [1.29, 1.82) is 0 Å². The Morgan fingerprint density at radius 2 is 2.31 bits per heavy atom. The van der Waals surface area contributed by atoms with Crippen LogP contribution in [0.15, 0.2) is 24.3 Å². The van der Waals surface area contributed by atoms with Crippen LogP contribution >= 0.6 is 11.8 Å². The molecule has 1 aliphatic heterocycles. The van der Waals surface area contributed by atoms with Gasteiger partial charge in [0.05, 0.1) is 17.9 Å². The summed E-state index contributed by atoms with van der Waals surface area (Å²) in [7, 11) is 1.97. The predicted octanol–water partition coefficient (Wildman–Crippen LogP) is 1.43. The fraction of sp³-hybridized carbons (Fsp3) is 0.500. The summed E-state index contributed by atoms with van der Waals surface area (Å²) in [6.45, 7) is 0.923. The molecule has 4 heteroatoms. The molecule has 0 amide bonds. The van der Waals surface area contributed by atoms with E-state index in [-0.39, 0.29) is 6.61 Å². The van der Waals surface area contributed by atoms with Gasteiger partial charge in [0.1, 0.15) is 12.4 Å². The first-order valence-corrected chi connectivity index (χ1v) is 6.53. The lowest BCUT2D eigenvalue weighted by Gasteiger charge is -2.32. The number of para-hydroxylation sites is 1. The number of hydrogen-bond donors (Lipinski definition) is 2. The molecule has 2 unspecified atom stereocenters. The minimum atomic E-state index is 0.221. The molecule has 1 aliphatic rings. The molecule has 2 rings (SSSR count). The van der Waals surface area contributed by atoms with E-state index >= 15 is 0 Å². The summed E-state index contributed by atoms with van der Waals surface area (Å²) in [5.41, 5.74) is 1.21. The maximum absolute atomic E-state index is 8.87. The third-order valence-corrected chi connectivity index (χ3v) is 4.02. The number of hydrogen-bond acceptors (Lipinski definition) is 4. The second-order valence-corrected chi connectivity index (χ2v) is 5.10. The lowest BCUT2D eigenvalue weighted by Crippen LogP contribution is -2.36. The number of nitrogens with one attached hydrogen (secondary N) is 1. The zero-order valence-electron chi connectivity index (χ0n) is 9.35. The van der Waals surface area contributed by atoms with Gasteiger partial charge in [-0.25, -0.2) is 0 Å². The molecule has 3 nitrogen and oxygen atoms in total. The van der Waals surface area contributed by atoms with E-state index in [1.54, 1.807) is 11.8 Å². The van der Waals surface area contributed by atoms with Crippen LogP contribution in [0.25, 0.3) is 0 Å². The number of ether oxygens (including phenoxy) is 1. The van der Waals surface area contributed by atoms with E-state index < -0.39 is 0 Å². The Kier molecular flexibility index (Phi) is 4.09. The zero-order chi connectivity index (χ0) is 11.4. The molecule has 2 atom stereocenters. The van der Waals surface area contributed by atoms with E-state index in [2.05, 4.69) is 11.4 Å². The molecule has 16 heavy (non-hydrogen) atoms. The number of thioether (sulfide) groups is 1. The summed E-state index contributed by atoms with van der Waals surface area (Å²) < 4.78 is 5.72. The van der Waals surface area contributed by atoms with Crippen LogP contribution in [0.4, 0.5) is 0 Å². The zero-order valence-corrected chi connectivity index (χ0v) is 10.2. The molecule has 0 aromatic heterocycles. The van der Waals surface area contributed by atoms with Crippen molar-refractivity contribution in [3.8, 4) is 5.75 Å². The van der Waals surface area contributed by atoms with Crippen molar-refractivity contribution >= 4 is 11.8 Å². The first kappa shape index (κ1) is 11.8. The van der Waals surface area contributed by atoms with Gasteiger partial charge in [0, 0.05) is 11.3 Å². The van der Waals surface area contributed by atoms with E-state index in [0.717, 1.165) is 11.5 Å². The first-order valence-electron chi connectivity index (χ1n) is 5.48. The Morgan fingerprint density at radius 3 is 3.06 bits per heavy atom. The smallest absolute Gasteiger partial charge is 0.124 e. The molecule has 0 spiro atoms. The molecule has 2 N–H and O–H groups in total. The summed E-state index contributed by atoms with van der Waals surface area (Å²) in [5, 5.41) is 12.6. The van der Waals surface area contributed by atoms with Crippen LogP contribution in [-0.4, -0.2) is 36.4 Å². The minimum Gasteiger partial charge on any atom is -0.492 e. The van der Waals surface area contributed by atoms with Gasteiger partial charge >= 0.3 is 0 Å². The quantitative estimate of drug-likeness (QED) is 0.834. The molecule has 1 heterocycles. The molecular formula is C12H17NO2S. The lowest BCUT2D eigenvalue weighted by molar-refractivity contribution is 0.264. The van der Waals surface area contributed by atoms with E-state index in [1.165, 1.54) is 5.56 Å². The average molecular weight is 239 g/mol. The maximum Gasteiger partial charge on any atom is 0.124 e. The third-order valence-electron chi connectivity index (χ3n) is 2.76. The van der Waals surface area contributed by atoms with Gasteiger partial charge in [-0.2, -0.15) is 11.8 Å². The van der Waals surface area contributed by atoms with Crippen molar-refractivity contribution in [3.05, 3.63) is 29.8 Å². The Morgan fingerprint density at radius 1 is 1.50 bits per heavy atom.